The summed E-state index contributed by atoms with van der Waals surface area (Å²) < 4.78 is 6.20. The second-order valence-electron chi connectivity index (χ2n) is 5.98. The Bertz CT molecular complexity index is 363. The van der Waals surface area contributed by atoms with Crippen LogP contribution < -0.4 is 0 Å². The molecule has 0 saturated carbocycles. The first kappa shape index (κ1) is 14.4. The van der Waals surface area contributed by atoms with Gasteiger partial charge >= 0.3 is 5.97 Å². The van der Waals surface area contributed by atoms with Crippen molar-refractivity contribution in [2.75, 3.05) is 0 Å². The van der Waals surface area contributed by atoms with Crippen LogP contribution in [-0.4, -0.2) is 28.6 Å². The lowest BCUT2D eigenvalue weighted by molar-refractivity contribution is -0.152. The van der Waals surface area contributed by atoms with Gasteiger partial charge in [-0.05, 0) is 78.3 Å². The first-order chi connectivity index (χ1) is 8.29. The number of nitrogens with zero attached hydrogens (tertiary/aromatic N) is 1. The number of carbonyl (C=O) groups is 1. The van der Waals surface area contributed by atoms with Crippen molar-refractivity contribution in [3.63, 3.8) is 0 Å². The van der Waals surface area contributed by atoms with E-state index in [2.05, 4.69) is 36.8 Å². The van der Waals surface area contributed by atoms with Crippen molar-refractivity contribution in [3.8, 4) is 0 Å². The minimum atomic E-state index is -0.462. The van der Waals surface area contributed by atoms with E-state index in [0.717, 1.165) is 0 Å². The van der Waals surface area contributed by atoms with E-state index < -0.39 is 5.60 Å². The van der Waals surface area contributed by atoms with Gasteiger partial charge in [0.2, 0.25) is 0 Å². The minimum Gasteiger partial charge on any atom is -0.455 e. The molecule has 0 atom stereocenters. The van der Waals surface area contributed by atoms with Crippen LogP contribution in [0.15, 0.2) is 9.09 Å². The maximum atomic E-state index is 12.3. The fourth-order valence-electron chi connectivity index (χ4n) is 2.88. The van der Waals surface area contributed by atoms with Gasteiger partial charge in [-0.25, -0.2) is 4.79 Å². The van der Waals surface area contributed by atoms with Crippen molar-refractivity contribution >= 4 is 37.8 Å². The quantitative estimate of drug-likeness (QED) is 0.537. The number of carbonyl (C=O) groups excluding carboxylic acids is 1. The SMILES string of the molecule is CC(C)(C)OC(=O)C(=C(Br)Br)N1C2CCC1CC2. The van der Waals surface area contributed by atoms with Crippen LogP contribution in [-0.2, 0) is 9.53 Å². The Hall–Kier alpha value is -0.0300. The van der Waals surface area contributed by atoms with Gasteiger partial charge in [-0.15, -0.1) is 0 Å². The van der Waals surface area contributed by atoms with Gasteiger partial charge < -0.3 is 9.64 Å². The zero-order chi connectivity index (χ0) is 13.5. The Morgan fingerprint density at radius 1 is 1.11 bits per heavy atom. The van der Waals surface area contributed by atoms with Crippen molar-refractivity contribution in [2.24, 2.45) is 0 Å². The fraction of sp³-hybridized carbons (Fsp3) is 0.769. The first-order valence-corrected chi connectivity index (χ1v) is 7.95. The zero-order valence-electron chi connectivity index (χ0n) is 11.0. The van der Waals surface area contributed by atoms with Crippen molar-refractivity contribution in [1.29, 1.82) is 0 Å². The highest BCUT2D eigenvalue weighted by atomic mass is 79.9. The predicted octanol–water partition coefficient (Wildman–Crippen LogP) is 3.91. The summed E-state index contributed by atoms with van der Waals surface area (Å²) >= 11 is 6.79. The molecule has 0 amide bonds. The molecule has 0 unspecified atom stereocenters. The lowest BCUT2D eigenvalue weighted by Gasteiger charge is -2.29. The van der Waals surface area contributed by atoms with Crippen LogP contribution in [0.1, 0.15) is 46.5 Å². The Labute approximate surface area is 125 Å². The number of esters is 1. The smallest absolute Gasteiger partial charge is 0.356 e. The van der Waals surface area contributed by atoms with E-state index >= 15 is 0 Å². The van der Waals surface area contributed by atoms with Crippen LogP contribution in [0.2, 0.25) is 0 Å². The molecular weight excluding hydrogens is 362 g/mol. The maximum Gasteiger partial charge on any atom is 0.356 e. The molecular formula is C13H19Br2NO2. The highest BCUT2D eigenvalue weighted by molar-refractivity contribution is 9.28. The van der Waals surface area contributed by atoms with E-state index in [1.54, 1.807) is 0 Å². The summed E-state index contributed by atoms with van der Waals surface area (Å²) in [5, 5.41) is 0. The summed E-state index contributed by atoms with van der Waals surface area (Å²) in [6.07, 6.45) is 4.74. The van der Waals surface area contributed by atoms with E-state index in [0.29, 0.717) is 21.2 Å². The second kappa shape index (κ2) is 5.16. The highest BCUT2D eigenvalue weighted by Crippen LogP contribution is 2.42. The standard InChI is InChI=1S/C13H19Br2NO2/c1-13(2,3)18-12(17)10(11(14)15)16-8-4-5-9(16)7-6-8/h8-9H,4-7H2,1-3H3. The second-order valence-corrected chi connectivity index (χ2v) is 8.63. The third-order valence-corrected chi connectivity index (χ3v) is 4.23. The van der Waals surface area contributed by atoms with Crippen molar-refractivity contribution in [2.45, 2.75) is 64.1 Å². The number of ether oxygens (including phenoxy) is 1. The van der Waals surface area contributed by atoms with Gasteiger partial charge in [0.05, 0.1) is 3.39 Å². The average Bonchev–Trinajstić information content (AvgIpc) is 2.75. The molecule has 0 aromatic heterocycles. The topological polar surface area (TPSA) is 29.5 Å². The third kappa shape index (κ3) is 2.93. The molecule has 2 heterocycles. The molecule has 2 bridgehead atoms. The zero-order valence-corrected chi connectivity index (χ0v) is 14.2. The molecule has 0 aromatic rings. The normalized spacial score (nSPS) is 26.4. The van der Waals surface area contributed by atoms with Gasteiger partial charge in [0.25, 0.3) is 0 Å². The fourth-order valence-corrected chi connectivity index (χ4v) is 3.62. The molecule has 102 valence electrons. The maximum absolute atomic E-state index is 12.3. The molecule has 18 heavy (non-hydrogen) atoms. The summed E-state index contributed by atoms with van der Waals surface area (Å²) in [5.74, 6) is -0.245. The van der Waals surface area contributed by atoms with Gasteiger partial charge in [-0.2, -0.15) is 0 Å². The molecule has 2 saturated heterocycles. The molecule has 2 fully saturated rings. The minimum absolute atomic E-state index is 0.245. The van der Waals surface area contributed by atoms with Gasteiger partial charge in [0.1, 0.15) is 11.3 Å². The average molecular weight is 381 g/mol. The molecule has 5 heteroatoms. The monoisotopic (exact) mass is 379 g/mol. The first-order valence-electron chi connectivity index (χ1n) is 6.36. The van der Waals surface area contributed by atoms with Crippen LogP contribution in [0, 0.1) is 0 Å². The van der Waals surface area contributed by atoms with Gasteiger partial charge in [-0.3, -0.25) is 0 Å². The van der Waals surface area contributed by atoms with Gasteiger partial charge in [0, 0.05) is 12.1 Å². The molecule has 0 spiro atoms. The van der Waals surface area contributed by atoms with E-state index in [1.807, 2.05) is 20.8 Å². The summed E-state index contributed by atoms with van der Waals surface area (Å²) in [7, 11) is 0. The van der Waals surface area contributed by atoms with E-state index in [1.165, 1.54) is 25.7 Å². The molecule has 2 aliphatic heterocycles. The van der Waals surface area contributed by atoms with Gasteiger partial charge in [0.15, 0.2) is 0 Å². The largest absolute Gasteiger partial charge is 0.455 e. The predicted molar refractivity (Wildman–Crippen MR) is 78.6 cm³/mol. The molecule has 3 nitrogen and oxygen atoms in total. The van der Waals surface area contributed by atoms with Crippen LogP contribution in [0.3, 0.4) is 0 Å². The van der Waals surface area contributed by atoms with Gasteiger partial charge in [-0.1, -0.05) is 0 Å². The Morgan fingerprint density at radius 3 is 1.89 bits per heavy atom. The van der Waals surface area contributed by atoms with Crippen LogP contribution in [0.4, 0.5) is 0 Å². The summed E-state index contributed by atoms with van der Waals surface area (Å²) in [6.45, 7) is 5.68. The molecule has 2 rings (SSSR count). The van der Waals surface area contributed by atoms with Crippen molar-refractivity contribution in [1.82, 2.24) is 4.90 Å². The Kier molecular flexibility index (Phi) is 4.12. The molecule has 0 aromatic carbocycles. The Balaban J connectivity index is 2.21. The number of rotatable bonds is 2. The summed E-state index contributed by atoms with van der Waals surface area (Å²) in [4.78, 5) is 14.6. The Morgan fingerprint density at radius 2 is 1.56 bits per heavy atom. The van der Waals surface area contributed by atoms with Crippen LogP contribution in [0.25, 0.3) is 0 Å². The number of fused-ring (bicyclic) bond motifs is 2. The van der Waals surface area contributed by atoms with E-state index in [9.17, 15) is 4.79 Å². The molecule has 2 aliphatic rings. The number of halogens is 2. The van der Waals surface area contributed by atoms with E-state index in [-0.39, 0.29) is 5.97 Å². The molecule has 0 radical (unpaired) electrons. The number of hydrogen-bond donors (Lipinski definition) is 0. The number of hydrogen-bond acceptors (Lipinski definition) is 3. The van der Waals surface area contributed by atoms with Crippen LogP contribution >= 0.6 is 31.9 Å². The van der Waals surface area contributed by atoms with Crippen molar-refractivity contribution in [3.05, 3.63) is 9.09 Å². The highest BCUT2D eigenvalue weighted by Gasteiger charge is 2.43. The third-order valence-electron chi connectivity index (χ3n) is 3.48. The molecule has 0 aliphatic carbocycles. The van der Waals surface area contributed by atoms with Crippen LogP contribution in [0.5, 0.6) is 0 Å². The van der Waals surface area contributed by atoms with E-state index in [4.69, 9.17) is 4.74 Å². The lowest BCUT2D eigenvalue weighted by atomic mass is 10.0. The molecule has 0 N–H and O–H groups in total. The summed E-state index contributed by atoms with van der Waals surface area (Å²) in [5.41, 5.74) is 0.186. The summed E-state index contributed by atoms with van der Waals surface area (Å²) in [6, 6.07) is 1.00. The van der Waals surface area contributed by atoms with Crippen molar-refractivity contribution < 1.29 is 9.53 Å². The lowest BCUT2D eigenvalue weighted by Crippen LogP contribution is -2.36.